The number of allylic oxidation sites excluding steroid dienone is 1. The lowest BCUT2D eigenvalue weighted by molar-refractivity contribution is 0.0739. The van der Waals surface area contributed by atoms with Crippen LogP contribution in [0, 0.1) is 0 Å². The molecule has 1 atom stereocenters. The highest BCUT2D eigenvalue weighted by Crippen LogP contribution is 2.36. The average Bonchev–Trinajstić information content (AvgIpc) is 3.38. The lowest BCUT2D eigenvalue weighted by Gasteiger charge is -2.22. The van der Waals surface area contributed by atoms with E-state index in [2.05, 4.69) is 0 Å². The monoisotopic (exact) mass is 416 g/mol. The molecular formula is C24H16O5S. The fourth-order valence-electron chi connectivity index (χ4n) is 3.36. The van der Waals surface area contributed by atoms with Crippen LogP contribution in [0.5, 0.6) is 17.2 Å². The van der Waals surface area contributed by atoms with Crippen molar-refractivity contribution in [3.63, 3.8) is 0 Å². The van der Waals surface area contributed by atoms with Crippen LogP contribution in [0.4, 0.5) is 0 Å². The molecule has 0 amide bonds. The number of thiophene rings is 1. The normalized spacial score (nSPS) is 18.2. The summed E-state index contributed by atoms with van der Waals surface area (Å²) in [5.41, 5.74) is 2.23. The molecule has 0 bridgehead atoms. The highest BCUT2D eigenvalue weighted by Gasteiger charge is 2.29. The minimum atomic E-state index is -0.443. The van der Waals surface area contributed by atoms with Crippen molar-refractivity contribution in [2.75, 3.05) is 0 Å². The summed E-state index contributed by atoms with van der Waals surface area (Å²) in [6.45, 7) is 1.92. The summed E-state index contributed by atoms with van der Waals surface area (Å²) in [4.78, 5) is 25.4. The largest absolute Gasteiger partial charge is 0.485 e. The first-order chi connectivity index (χ1) is 14.6. The van der Waals surface area contributed by atoms with Crippen LogP contribution >= 0.6 is 11.3 Å². The van der Waals surface area contributed by atoms with Crippen LogP contribution < -0.4 is 14.2 Å². The smallest absolute Gasteiger partial charge is 0.353 e. The molecule has 0 spiro atoms. The Bertz CT molecular complexity index is 1220. The molecule has 30 heavy (non-hydrogen) atoms. The summed E-state index contributed by atoms with van der Waals surface area (Å²) in [6, 6.07) is 16.0. The standard InChI is InChI=1S/C24H16O5S/c1-14-16(11-15-5-2-3-6-19(15)27-14)12-21-23(25)18-9-8-17(13-20(18)29-21)28-24(26)22-7-4-10-30-22/h2-14H,1H3/b21-12-/t14-/m0/s1. The fraction of sp³-hybridized carbons (Fsp3) is 0.0833. The lowest BCUT2D eigenvalue weighted by atomic mass is 10.0. The second-order valence-corrected chi connectivity index (χ2v) is 7.85. The molecule has 0 saturated carbocycles. The van der Waals surface area contributed by atoms with E-state index in [9.17, 15) is 9.59 Å². The Morgan fingerprint density at radius 1 is 1.10 bits per heavy atom. The summed E-state index contributed by atoms with van der Waals surface area (Å²) in [6.07, 6.45) is 3.49. The maximum Gasteiger partial charge on any atom is 0.353 e. The summed E-state index contributed by atoms with van der Waals surface area (Å²) in [5.74, 6) is 1.06. The Balaban J connectivity index is 1.40. The number of ether oxygens (including phenoxy) is 3. The zero-order valence-electron chi connectivity index (χ0n) is 16.0. The van der Waals surface area contributed by atoms with E-state index in [4.69, 9.17) is 14.2 Å². The molecule has 2 aromatic carbocycles. The molecule has 5 nitrogen and oxygen atoms in total. The quantitative estimate of drug-likeness (QED) is 0.330. The molecule has 2 aliphatic heterocycles. The van der Waals surface area contributed by atoms with Crippen LogP contribution in [0.25, 0.3) is 6.08 Å². The number of rotatable bonds is 3. The molecule has 6 heteroatoms. The van der Waals surface area contributed by atoms with E-state index < -0.39 is 5.97 Å². The van der Waals surface area contributed by atoms with Crippen molar-refractivity contribution < 1.29 is 23.8 Å². The van der Waals surface area contributed by atoms with Gasteiger partial charge in [-0.1, -0.05) is 24.3 Å². The van der Waals surface area contributed by atoms with Gasteiger partial charge in [-0.05, 0) is 54.3 Å². The molecule has 5 rings (SSSR count). The number of carbonyl (C=O) groups excluding carboxylic acids is 2. The molecule has 0 fully saturated rings. The number of benzene rings is 2. The number of para-hydroxylation sites is 1. The van der Waals surface area contributed by atoms with Gasteiger partial charge in [-0.15, -0.1) is 11.3 Å². The Morgan fingerprint density at radius 3 is 2.80 bits per heavy atom. The summed E-state index contributed by atoms with van der Waals surface area (Å²) in [5, 5.41) is 1.81. The van der Waals surface area contributed by atoms with Crippen molar-refractivity contribution >= 4 is 29.2 Å². The summed E-state index contributed by atoms with van der Waals surface area (Å²) >= 11 is 1.30. The molecular weight excluding hydrogens is 400 g/mol. The van der Waals surface area contributed by atoms with E-state index in [0.717, 1.165) is 16.9 Å². The average molecular weight is 416 g/mol. The molecule has 3 aromatic rings. The van der Waals surface area contributed by atoms with Crippen LogP contribution in [0.15, 0.2) is 77.4 Å². The van der Waals surface area contributed by atoms with Crippen LogP contribution in [-0.2, 0) is 0 Å². The van der Waals surface area contributed by atoms with Crippen LogP contribution in [0.3, 0.4) is 0 Å². The number of esters is 1. The third kappa shape index (κ3) is 3.31. The van der Waals surface area contributed by atoms with Crippen molar-refractivity contribution in [2.45, 2.75) is 13.0 Å². The Kier molecular flexibility index (Phi) is 4.48. The van der Waals surface area contributed by atoms with E-state index in [-0.39, 0.29) is 17.6 Å². The van der Waals surface area contributed by atoms with E-state index in [1.165, 1.54) is 11.3 Å². The predicted molar refractivity (Wildman–Crippen MR) is 113 cm³/mol. The van der Waals surface area contributed by atoms with Gasteiger partial charge in [0.1, 0.15) is 28.2 Å². The van der Waals surface area contributed by atoms with Gasteiger partial charge < -0.3 is 14.2 Å². The van der Waals surface area contributed by atoms with Crippen molar-refractivity contribution in [3.8, 4) is 17.2 Å². The third-order valence-electron chi connectivity index (χ3n) is 4.89. The molecule has 0 radical (unpaired) electrons. The highest BCUT2D eigenvalue weighted by atomic mass is 32.1. The molecule has 2 aliphatic rings. The maximum atomic E-state index is 12.8. The minimum Gasteiger partial charge on any atom is -0.485 e. The first kappa shape index (κ1) is 18.4. The van der Waals surface area contributed by atoms with Crippen LogP contribution in [-0.4, -0.2) is 17.9 Å². The number of Topliss-reactive ketones (excluding diaryl/α,β-unsaturated/α-hetero) is 1. The van der Waals surface area contributed by atoms with Crippen LogP contribution in [0.1, 0.15) is 32.5 Å². The Labute approximate surface area is 176 Å². The van der Waals surface area contributed by atoms with Gasteiger partial charge in [-0.25, -0.2) is 4.79 Å². The molecule has 148 valence electrons. The molecule has 1 aromatic heterocycles. The van der Waals surface area contributed by atoms with Gasteiger partial charge in [-0.3, -0.25) is 4.79 Å². The van der Waals surface area contributed by atoms with Gasteiger partial charge in [0.05, 0.1) is 5.56 Å². The minimum absolute atomic E-state index is 0.213. The number of hydrogen-bond donors (Lipinski definition) is 0. The number of fused-ring (bicyclic) bond motifs is 2. The SMILES string of the molecule is C[C@@H]1Oc2ccccc2C=C1/C=C1\Oc2cc(OC(=O)c3cccs3)ccc2C1=O. The first-order valence-corrected chi connectivity index (χ1v) is 10.3. The van der Waals surface area contributed by atoms with E-state index in [0.29, 0.717) is 21.9 Å². The van der Waals surface area contributed by atoms with E-state index in [1.54, 1.807) is 41.8 Å². The molecule has 0 unspecified atom stereocenters. The van der Waals surface area contributed by atoms with Gasteiger partial charge in [0.25, 0.3) is 0 Å². The molecule has 0 aliphatic carbocycles. The van der Waals surface area contributed by atoms with Crippen LogP contribution in [0.2, 0.25) is 0 Å². The third-order valence-corrected chi connectivity index (χ3v) is 5.74. The predicted octanol–water partition coefficient (Wildman–Crippen LogP) is 5.29. The molecule has 0 saturated heterocycles. The van der Waals surface area contributed by atoms with Crippen molar-refractivity contribution in [2.24, 2.45) is 0 Å². The van der Waals surface area contributed by atoms with Gasteiger partial charge in [0, 0.05) is 11.6 Å². The van der Waals surface area contributed by atoms with E-state index in [1.807, 2.05) is 37.3 Å². The second kappa shape index (κ2) is 7.31. The highest BCUT2D eigenvalue weighted by molar-refractivity contribution is 7.12. The van der Waals surface area contributed by atoms with Crippen molar-refractivity contribution in [1.82, 2.24) is 0 Å². The molecule has 0 N–H and O–H groups in total. The first-order valence-electron chi connectivity index (χ1n) is 9.40. The summed E-state index contributed by atoms with van der Waals surface area (Å²) in [7, 11) is 0. The molecule has 3 heterocycles. The topological polar surface area (TPSA) is 61.8 Å². The Morgan fingerprint density at radius 2 is 1.97 bits per heavy atom. The van der Waals surface area contributed by atoms with Crippen molar-refractivity contribution in [1.29, 1.82) is 0 Å². The second-order valence-electron chi connectivity index (χ2n) is 6.91. The fourth-order valence-corrected chi connectivity index (χ4v) is 3.95. The zero-order valence-corrected chi connectivity index (χ0v) is 16.8. The summed E-state index contributed by atoms with van der Waals surface area (Å²) < 4.78 is 17.1. The van der Waals surface area contributed by atoms with Gasteiger partial charge >= 0.3 is 5.97 Å². The Hall–Kier alpha value is -3.64. The maximum absolute atomic E-state index is 12.8. The number of hydrogen-bond acceptors (Lipinski definition) is 6. The lowest BCUT2D eigenvalue weighted by Crippen LogP contribution is -2.18. The van der Waals surface area contributed by atoms with E-state index >= 15 is 0 Å². The number of carbonyl (C=O) groups is 2. The number of ketones is 1. The van der Waals surface area contributed by atoms with Gasteiger partial charge in [-0.2, -0.15) is 0 Å². The van der Waals surface area contributed by atoms with Gasteiger partial charge in [0.15, 0.2) is 5.76 Å². The van der Waals surface area contributed by atoms with Crippen molar-refractivity contribution in [3.05, 3.63) is 93.4 Å². The zero-order chi connectivity index (χ0) is 20.7. The van der Waals surface area contributed by atoms with Gasteiger partial charge in [0.2, 0.25) is 5.78 Å².